The number of hydrogen-bond acceptors (Lipinski definition) is 12. The van der Waals surface area contributed by atoms with E-state index in [4.69, 9.17) is 23.9 Å². The Morgan fingerprint density at radius 2 is 1.80 bits per heavy atom. The number of carbonyl (C=O) groups excluding carboxylic acids is 3. The Kier molecular flexibility index (Phi) is 11.9. The fourth-order valence-corrected chi connectivity index (χ4v) is 7.67. The third kappa shape index (κ3) is 8.32. The minimum absolute atomic E-state index is 0.0850. The zero-order valence-electron chi connectivity index (χ0n) is 29.0. The van der Waals surface area contributed by atoms with Gasteiger partial charge in [0.25, 0.3) is 5.56 Å². The molecule has 50 heavy (non-hydrogen) atoms. The van der Waals surface area contributed by atoms with Gasteiger partial charge in [0, 0.05) is 41.1 Å². The molecule has 0 radical (unpaired) electrons. The highest BCUT2D eigenvalue weighted by Crippen LogP contribution is 2.40. The maximum absolute atomic E-state index is 13.6. The van der Waals surface area contributed by atoms with E-state index in [2.05, 4.69) is 17.6 Å². The molecule has 5 rings (SSSR count). The Bertz CT molecular complexity index is 1820. The van der Waals surface area contributed by atoms with Crippen LogP contribution in [0.25, 0.3) is 22.3 Å². The van der Waals surface area contributed by atoms with Crippen LogP contribution >= 0.6 is 21.6 Å². The molecule has 2 aromatic heterocycles. The lowest BCUT2D eigenvalue weighted by Crippen LogP contribution is -2.44. The number of nitrogens with one attached hydrogen (secondary N) is 2. The quantitative estimate of drug-likeness (QED) is 0.0686. The number of hydrogen-bond donors (Lipinski definition) is 3. The van der Waals surface area contributed by atoms with Crippen molar-refractivity contribution in [1.29, 1.82) is 0 Å². The van der Waals surface area contributed by atoms with Crippen molar-refractivity contribution in [3.05, 3.63) is 56.9 Å². The summed E-state index contributed by atoms with van der Waals surface area (Å²) in [6, 6.07) is 7.39. The van der Waals surface area contributed by atoms with Crippen molar-refractivity contribution in [2.75, 3.05) is 37.8 Å². The highest BCUT2D eigenvalue weighted by atomic mass is 33.1. The van der Waals surface area contributed by atoms with Crippen molar-refractivity contribution in [1.82, 2.24) is 20.2 Å². The zero-order chi connectivity index (χ0) is 36.1. The number of rotatable bonds is 14. The second-order valence-electron chi connectivity index (χ2n) is 12.9. The number of nitrogens with zero attached hydrogens (tertiary/aromatic N) is 2. The first-order chi connectivity index (χ1) is 23.9. The Hall–Kier alpha value is -3.95. The number of fused-ring (bicyclic) bond motifs is 5. The molecule has 3 N–H and O–H groups in total. The van der Waals surface area contributed by atoms with Gasteiger partial charge in [0.1, 0.15) is 24.6 Å². The van der Waals surface area contributed by atoms with Crippen LogP contribution < -0.4 is 20.9 Å². The van der Waals surface area contributed by atoms with Crippen molar-refractivity contribution in [2.24, 2.45) is 0 Å². The van der Waals surface area contributed by atoms with Gasteiger partial charge in [-0.2, -0.15) is 0 Å². The van der Waals surface area contributed by atoms with Crippen molar-refractivity contribution in [3.63, 3.8) is 0 Å². The van der Waals surface area contributed by atoms with E-state index in [1.54, 1.807) is 39.1 Å². The Morgan fingerprint density at radius 1 is 1.04 bits per heavy atom. The zero-order valence-corrected chi connectivity index (χ0v) is 30.6. The van der Waals surface area contributed by atoms with Crippen LogP contribution in [-0.4, -0.2) is 76.2 Å². The predicted molar refractivity (Wildman–Crippen MR) is 193 cm³/mol. The summed E-state index contributed by atoms with van der Waals surface area (Å²) in [5, 5.41) is 17.5. The number of amides is 2. The molecule has 2 aliphatic heterocycles. The molecule has 0 aliphatic carbocycles. The first-order valence-electron chi connectivity index (χ1n) is 16.7. The number of cyclic esters (lactones) is 1. The van der Waals surface area contributed by atoms with Gasteiger partial charge in [0.2, 0.25) is 0 Å². The van der Waals surface area contributed by atoms with Gasteiger partial charge in [-0.05, 0) is 69.9 Å². The van der Waals surface area contributed by atoms with E-state index in [1.165, 1.54) is 0 Å². The molecule has 2 amide bonds. The minimum Gasteiger partial charge on any atom is -0.494 e. The highest BCUT2D eigenvalue weighted by Gasteiger charge is 2.45. The molecule has 0 unspecified atom stereocenters. The van der Waals surface area contributed by atoms with Crippen LogP contribution in [0, 0.1) is 0 Å². The number of benzene rings is 1. The minimum atomic E-state index is -1.87. The predicted octanol–water partition coefficient (Wildman–Crippen LogP) is 5.04. The molecule has 1 atom stereocenters. The Labute approximate surface area is 298 Å². The molecule has 3 aromatic rings. The van der Waals surface area contributed by atoms with E-state index < -0.39 is 29.4 Å². The molecule has 1 aromatic carbocycles. The van der Waals surface area contributed by atoms with Gasteiger partial charge in [0.15, 0.2) is 5.60 Å². The lowest BCUT2D eigenvalue weighted by molar-refractivity contribution is -0.172. The fourth-order valence-electron chi connectivity index (χ4n) is 5.93. The molecular weight excluding hydrogens is 685 g/mol. The summed E-state index contributed by atoms with van der Waals surface area (Å²) in [4.78, 5) is 54.6. The molecule has 270 valence electrons. The summed E-state index contributed by atoms with van der Waals surface area (Å²) in [5.41, 5.74) is 1.87. The van der Waals surface area contributed by atoms with Gasteiger partial charge in [-0.25, -0.2) is 19.4 Å². The average molecular weight is 729 g/mol. The number of pyridine rings is 2. The normalized spacial score (nSPS) is 16.2. The highest BCUT2D eigenvalue weighted by molar-refractivity contribution is 8.76. The molecular formula is C35H44N4O9S2. The van der Waals surface area contributed by atoms with Crippen LogP contribution in [0.15, 0.2) is 29.1 Å². The van der Waals surface area contributed by atoms with E-state index in [-0.39, 0.29) is 25.2 Å². The summed E-state index contributed by atoms with van der Waals surface area (Å²) in [6.45, 7) is 10.9. The van der Waals surface area contributed by atoms with Gasteiger partial charge in [0.05, 0.1) is 35.6 Å². The molecule has 13 nitrogen and oxygen atoms in total. The SMILES string of the molecule is CCc1c2c(nc3ccc(OCCCNC(=O)OCCSSCCNC(=O)OC(C)(C)C)cc13)-c1cc3c(c(=O)n1C2)COC(=O)[C@]3(O)CC. The van der Waals surface area contributed by atoms with Gasteiger partial charge in [-0.15, -0.1) is 0 Å². The largest absolute Gasteiger partial charge is 0.494 e. The van der Waals surface area contributed by atoms with Crippen molar-refractivity contribution >= 4 is 50.6 Å². The summed E-state index contributed by atoms with van der Waals surface area (Å²) >= 11 is 0. The molecule has 0 spiro atoms. The summed E-state index contributed by atoms with van der Waals surface area (Å²) in [6.07, 6.45) is 0.432. The fraction of sp³-hybridized carbons (Fsp3) is 0.514. The van der Waals surface area contributed by atoms with Crippen LogP contribution in [0.1, 0.15) is 69.7 Å². The number of esters is 1. The van der Waals surface area contributed by atoms with Crippen LogP contribution in [0.3, 0.4) is 0 Å². The van der Waals surface area contributed by atoms with E-state index in [9.17, 15) is 24.3 Å². The topological polar surface area (TPSA) is 167 Å². The summed E-state index contributed by atoms with van der Waals surface area (Å²) in [7, 11) is 3.13. The molecule has 0 fully saturated rings. The van der Waals surface area contributed by atoms with Crippen molar-refractivity contribution < 1.29 is 38.4 Å². The van der Waals surface area contributed by atoms with Gasteiger partial charge >= 0.3 is 18.2 Å². The number of ether oxygens (including phenoxy) is 4. The average Bonchev–Trinajstić information content (AvgIpc) is 3.44. The lowest BCUT2D eigenvalue weighted by atomic mass is 9.86. The first kappa shape index (κ1) is 37.3. The van der Waals surface area contributed by atoms with E-state index in [1.807, 2.05) is 39.0 Å². The standard InChI is InChI=1S/C35H44N4O9S2/c1-6-22-23-17-21(45-13-8-11-36-32(42)46-14-16-50-49-15-12-37-33(43)48-34(3,4)5)9-10-27(23)38-29-24(22)19-39-28(29)18-26-25(30(39)40)20-47-31(41)35(26,44)7-2/h9-10,17-18,44H,6-8,11-16,19-20H2,1-5H3,(H,36,42)(H,37,43)/t35-/m0/s1. The second kappa shape index (κ2) is 15.9. The molecule has 2 aliphatic rings. The molecule has 15 heteroatoms. The van der Waals surface area contributed by atoms with E-state index in [0.717, 1.165) is 22.0 Å². The monoisotopic (exact) mass is 728 g/mol. The Morgan fingerprint density at radius 3 is 2.54 bits per heavy atom. The van der Waals surface area contributed by atoms with Crippen LogP contribution in [0.2, 0.25) is 0 Å². The number of alkyl carbamates (subject to hydrolysis) is 2. The number of carbonyl (C=O) groups is 3. The van der Waals surface area contributed by atoms with Gasteiger partial charge in [-0.3, -0.25) is 4.79 Å². The van der Waals surface area contributed by atoms with Crippen molar-refractivity contribution in [3.8, 4) is 17.1 Å². The molecule has 4 heterocycles. The smallest absolute Gasteiger partial charge is 0.407 e. The van der Waals surface area contributed by atoms with Crippen molar-refractivity contribution in [2.45, 2.75) is 78.2 Å². The van der Waals surface area contributed by atoms with Crippen LogP contribution in [0.4, 0.5) is 9.59 Å². The maximum atomic E-state index is 13.6. The Balaban J connectivity index is 1.09. The molecule has 0 saturated carbocycles. The third-order valence-electron chi connectivity index (χ3n) is 8.33. The van der Waals surface area contributed by atoms with Gasteiger partial charge < -0.3 is 39.3 Å². The van der Waals surface area contributed by atoms with E-state index in [0.29, 0.717) is 78.9 Å². The maximum Gasteiger partial charge on any atom is 0.407 e. The van der Waals surface area contributed by atoms with Gasteiger partial charge in [-0.1, -0.05) is 35.4 Å². The number of aliphatic hydroxyl groups is 1. The molecule has 0 saturated heterocycles. The second-order valence-corrected chi connectivity index (χ2v) is 15.6. The lowest BCUT2D eigenvalue weighted by Gasteiger charge is -2.31. The summed E-state index contributed by atoms with van der Waals surface area (Å²) in [5.74, 6) is 1.24. The third-order valence-corrected chi connectivity index (χ3v) is 10.7. The van der Waals surface area contributed by atoms with Crippen LogP contribution in [0.5, 0.6) is 5.75 Å². The molecule has 0 bridgehead atoms. The number of aryl methyl sites for hydroxylation is 1. The summed E-state index contributed by atoms with van der Waals surface area (Å²) < 4.78 is 23.2. The van der Waals surface area contributed by atoms with E-state index >= 15 is 0 Å². The first-order valence-corrected chi connectivity index (χ1v) is 19.2. The number of aromatic nitrogens is 2. The van der Waals surface area contributed by atoms with Crippen LogP contribution in [-0.2, 0) is 44.2 Å².